The third kappa shape index (κ3) is 3.38. The van der Waals surface area contributed by atoms with E-state index in [1.54, 1.807) is 19.2 Å². The number of rotatable bonds is 6. The van der Waals surface area contributed by atoms with Crippen molar-refractivity contribution in [1.29, 1.82) is 0 Å². The minimum absolute atomic E-state index is 0.0646. The molecular formula is C17H24N2O2. The summed E-state index contributed by atoms with van der Waals surface area (Å²) in [6.07, 6.45) is 3.95. The van der Waals surface area contributed by atoms with E-state index in [-0.39, 0.29) is 5.91 Å². The average Bonchev–Trinajstić information content (AvgIpc) is 2.78. The minimum Gasteiger partial charge on any atom is -0.494 e. The zero-order chi connectivity index (χ0) is 14.7. The first kappa shape index (κ1) is 14.4. The maximum atomic E-state index is 11.4. The summed E-state index contributed by atoms with van der Waals surface area (Å²) in [5.74, 6) is 2.75. The van der Waals surface area contributed by atoms with Gasteiger partial charge in [0.15, 0.2) is 0 Å². The zero-order valence-electron chi connectivity index (χ0n) is 12.7. The Morgan fingerprint density at radius 2 is 1.90 bits per heavy atom. The van der Waals surface area contributed by atoms with Crippen LogP contribution in [0.5, 0.6) is 5.75 Å². The van der Waals surface area contributed by atoms with E-state index in [1.165, 1.54) is 25.9 Å². The van der Waals surface area contributed by atoms with Crippen molar-refractivity contribution in [3.8, 4) is 5.75 Å². The van der Waals surface area contributed by atoms with Crippen molar-refractivity contribution < 1.29 is 9.53 Å². The van der Waals surface area contributed by atoms with Crippen LogP contribution >= 0.6 is 0 Å². The number of ether oxygens (including phenoxy) is 1. The number of nitrogens with one attached hydrogen (secondary N) is 1. The molecule has 2 atom stereocenters. The van der Waals surface area contributed by atoms with E-state index in [2.05, 4.69) is 10.2 Å². The van der Waals surface area contributed by atoms with Crippen LogP contribution in [-0.4, -0.2) is 44.1 Å². The Bertz CT molecular complexity index is 474. The summed E-state index contributed by atoms with van der Waals surface area (Å²) in [4.78, 5) is 14.0. The second-order valence-corrected chi connectivity index (χ2v) is 6.16. The number of nitrogens with zero attached hydrogens (tertiary/aromatic N) is 1. The van der Waals surface area contributed by atoms with Crippen LogP contribution in [0, 0.1) is 11.8 Å². The molecule has 0 bridgehead atoms. The Labute approximate surface area is 126 Å². The maximum absolute atomic E-state index is 11.4. The largest absolute Gasteiger partial charge is 0.494 e. The third-order valence-electron chi connectivity index (χ3n) is 4.79. The lowest BCUT2D eigenvalue weighted by Crippen LogP contribution is -2.23. The molecule has 1 N–H and O–H groups in total. The smallest absolute Gasteiger partial charge is 0.251 e. The van der Waals surface area contributed by atoms with Gasteiger partial charge in [-0.1, -0.05) is 0 Å². The standard InChI is InChI=1S/C17H24N2O2/c1-18-17(20)13-5-7-16(8-6-13)21-10-2-9-19-11-14-3-4-15(14)12-19/h5-8,14-15H,2-4,9-12H2,1H3,(H,18,20)/t14-,15+. The summed E-state index contributed by atoms with van der Waals surface area (Å²) in [5, 5.41) is 2.61. The van der Waals surface area contributed by atoms with Gasteiger partial charge < -0.3 is 15.0 Å². The number of carbonyl (C=O) groups is 1. The number of likely N-dealkylation sites (tertiary alicyclic amines) is 1. The van der Waals surface area contributed by atoms with E-state index in [0.717, 1.165) is 37.2 Å². The van der Waals surface area contributed by atoms with Gasteiger partial charge in [-0.2, -0.15) is 0 Å². The molecule has 4 heteroatoms. The molecule has 1 aliphatic heterocycles. The highest BCUT2D eigenvalue weighted by atomic mass is 16.5. The first-order chi connectivity index (χ1) is 10.3. The zero-order valence-corrected chi connectivity index (χ0v) is 12.7. The van der Waals surface area contributed by atoms with Gasteiger partial charge in [-0.3, -0.25) is 4.79 Å². The summed E-state index contributed by atoms with van der Waals surface area (Å²) in [5.41, 5.74) is 0.664. The van der Waals surface area contributed by atoms with Gasteiger partial charge in [0, 0.05) is 32.2 Å². The van der Waals surface area contributed by atoms with Crippen LogP contribution < -0.4 is 10.1 Å². The lowest BCUT2D eigenvalue weighted by atomic mass is 9.77. The number of hydrogen-bond donors (Lipinski definition) is 1. The molecular weight excluding hydrogens is 264 g/mol. The fourth-order valence-corrected chi connectivity index (χ4v) is 3.36. The molecule has 1 aliphatic carbocycles. The van der Waals surface area contributed by atoms with Crippen molar-refractivity contribution in [3.63, 3.8) is 0 Å². The van der Waals surface area contributed by atoms with Crippen molar-refractivity contribution in [1.82, 2.24) is 10.2 Å². The summed E-state index contributed by atoms with van der Waals surface area (Å²) in [6, 6.07) is 7.32. The quantitative estimate of drug-likeness (QED) is 0.816. The average molecular weight is 288 g/mol. The molecule has 3 rings (SSSR count). The molecule has 21 heavy (non-hydrogen) atoms. The van der Waals surface area contributed by atoms with Crippen molar-refractivity contribution in [3.05, 3.63) is 29.8 Å². The van der Waals surface area contributed by atoms with Crippen molar-refractivity contribution in [2.45, 2.75) is 19.3 Å². The Hall–Kier alpha value is -1.55. The van der Waals surface area contributed by atoms with Crippen LogP contribution in [0.15, 0.2) is 24.3 Å². The monoisotopic (exact) mass is 288 g/mol. The number of hydrogen-bond acceptors (Lipinski definition) is 3. The highest BCUT2D eigenvalue weighted by molar-refractivity contribution is 5.94. The van der Waals surface area contributed by atoms with Crippen LogP contribution in [0.1, 0.15) is 29.6 Å². The summed E-state index contributed by atoms with van der Waals surface area (Å²) in [7, 11) is 1.64. The second-order valence-electron chi connectivity index (χ2n) is 6.16. The van der Waals surface area contributed by atoms with Gasteiger partial charge in [-0.05, 0) is 55.4 Å². The maximum Gasteiger partial charge on any atom is 0.251 e. The van der Waals surface area contributed by atoms with Crippen LogP contribution in [0.3, 0.4) is 0 Å². The predicted octanol–water partition coefficient (Wildman–Crippen LogP) is 2.16. The molecule has 0 aromatic heterocycles. The van der Waals surface area contributed by atoms with Crippen molar-refractivity contribution in [2.24, 2.45) is 11.8 Å². The molecule has 1 saturated heterocycles. The summed E-state index contributed by atoms with van der Waals surface area (Å²) >= 11 is 0. The highest BCUT2D eigenvalue weighted by Gasteiger charge is 2.38. The van der Waals surface area contributed by atoms with E-state index in [9.17, 15) is 4.79 Å². The Balaban J connectivity index is 1.36. The van der Waals surface area contributed by atoms with Gasteiger partial charge >= 0.3 is 0 Å². The fourth-order valence-electron chi connectivity index (χ4n) is 3.36. The van der Waals surface area contributed by atoms with E-state index < -0.39 is 0 Å². The van der Waals surface area contributed by atoms with Crippen molar-refractivity contribution in [2.75, 3.05) is 33.3 Å². The van der Waals surface area contributed by atoms with E-state index in [4.69, 9.17) is 4.74 Å². The third-order valence-corrected chi connectivity index (χ3v) is 4.79. The normalized spacial score (nSPS) is 24.2. The van der Waals surface area contributed by atoms with Crippen LogP contribution in [0.25, 0.3) is 0 Å². The van der Waals surface area contributed by atoms with E-state index >= 15 is 0 Å². The molecule has 114 valence electrons. The topological polar surface area (TPSA) is 41.6 Å². The number of benzene rings is 1. The van der Waals surface area contributed by atoms with Crippen molar-refractivity contribution >= 4 is 5.91 Å². The Morgan fingerprint density at radius 1 is 1.24 bits per heavy atom. The lowest BCUT2D eigenvalue weighted by Gasteiger charge is -2.28. The summed E-state index contributed by atoms with van der Waals surface area (Å²) < 4.78 is 5.75. The van der Waals surface area contributed by atoms with Gasteiger partial charge in [0.2, 0.25) is 0 Å². The van der Waals surface area contributed by atoms with Gasteiger partial charge in [0.05, 0.1) is 6.61 Å². The first-order valence-electron chi connectivity index (χ1n) is 7.93. The number of amides is 1. The minimum atomic E-state index is -0.0646. The van der Waals surface area contributed by atoms with Gasteiger partial charge in [-0.15, -0.1) is 0 Å². The van der Waals surface area contributed by atoms with E-state index in [0.29, 0.717) is 5.56 Å². The summed E-state index contributed by atoms with van der Waals surface area (Å²) in [6.45, 7) is 4.48. The highest BCUT2D eigenvalue weighted by Crippen LogP contribution is 2.40. The lowest BCUT2D eigenvalue weighted by molar-refractivity contribution is 0.0963. The Morgan fingerprint density at radius 3 is 2.48 bits per heavy atom. The molecule has 1 aromatic rings. The molecule has 1 aromatic carbocycles. The van der Waals surface area contributed by atoms with Gasteiger partial charge in [0.25, 0.3) is 5.91 Å². The molecule has 1 saturated carbocycles. The SMILES string of the molecule is CNC(=O)c1ccc(OCCCN2C[C@H]3CC[C@H]3C2)cc1. The predicted molar refractivity (Wildman–Crippen MR) is 82.6 cm³/mol. The molecule has 0 unspecified atom stereocenters. The van der Waals surface area contributed by atoms with Gasteiger partial charge in [-0.25, -0.2) is 0 Å². The van der Waals surface area contributed by atoms with Crippen LogP contribution in [-0.2, 0) is 0 Å². The molecule has 0 spiro atoms. The molecule has 2 aliphatic rings. The molecule has 1 amide bonds. The first-order valence-corrected chi connectivity index (χ1v) is 7.93. The Kier molecular flexibility index (Phi) is 4.44. The molecule has 2 fully saturated rings. The molecule has 1 heterocycles. The second kappa shape index (κ2) is 6.48. The van der Waals surface area contributed by atoms with Crippen LogP contribution in [0.2, 0.25) is 0 Å². The molecule has 0 radical (unpaired) electrons. The number of carbonyl (C=O) groups excluding carboxylic acids is 1. The number of fused-ring (bicyclic) bond motifs is 1. The van der Waals surface area contributed by atoms with Gasteiger partial charge in [0.1, 0.15) is 5.75 Å². The fraction of sp³-hybridized carbons (Fsp3) is 0.588. The van der Waals surface area contributed by atoms with E-state index in [1.807, 2.05) is 12.1 Å². The van der Waals surface area contributed by atoms with Crippen LogP contribution in [0.4, 0.5) is 0 Å². The molecule has 4 nitrogen and oxygen atoms in total.